The third-order valence-electron chi connectivity index (χ3n) is 2.60. The molecule has 0 aliphatic rings. The van der Waals surface area contributed by atoms with Crippen molar-refractivity contribution in [3.05, 3.63) is 50.2 Å². The summed E-state index contributed by atoms with van der Waals surface area (Å²) in [7, 11) is 0. The van der Waals surface area contributed by atoms with E-state index in [1.54, 1.807) is 12.1 Å². The molecule has 0 radical (unpaired) electrons. The molecule has 0 atom stereocenters. The summed E-state index contributed by atoms with van der Waals surface area (Å²) in [6, 6.07) is 5.89. The number of nitro benzene ring substituents is 1. The van der Waals surface area contributed by atoms with Gasteiger partial charge in [0.1, 0.15) is 10.3 Å². The Bertz CT molecular complexity index is 606. The molecule has 0 amide bonds. The van der Waals surface area contributed by atoms with Crippen LogP contribution in [0.15, 0.2) is 24.3 Å². The van der Waals surface area contributed by atoms with Gasteiger partial charge in [0.25, 0.3) is 5.69 Å². The second kappa shape index (κ2) is 5.50. The lowest BCUT2D eigenvalue weighted by Crippen LogP contribution is -1.96. The van der Waals surface area contributed by atoms with Crippen molar-refractivity contribution in [1.82, 2.24) is 9.97 Å². The van der Waals surface area contributed by atoms with Crippen molar-refractivity contribution in [1.29, 1.82) is 0 Å². The van der Waals surface area contributed by atoms with Crippen molar-refractivity contribution in [2.45, 2.75) is 13.3 Å². The van der Waals surface area contributed by atoms with Crippen LogP contribution in [-0.4, -0.2) is 14.9 Å². The molecule has 1 aromatic carbocycles. The number of hydrogen-bond donors (Lipinski definition) is 0. The zero-order chi connectivity index (χ0) is 14.0. The highest BCUT2D eigenvalue weighted by molar-refractivity contribution is 6.34. The van der Waals surface area contributed by atoms with E-state index in [1.807, 2.05) is 6.92 Å². The van der Waals surface area contributed by atoms with Gasteiger partial charge in [0, 0.05) is 23.3 Å². The number of rotatable bonds is 3. The average Bonchev–Trinajstić information content (AvgIpc) is 2.38. The highest BCUT2D eigenvalue weighted by Gasteiger charge is 2.12. The van der Waals surface area contributed by atoms with Crippen molar-refractivity contribution in [3.63, 3.8) is 0 Å². The molecular weight excluding hydrogens is 289 g/mol. The average molecular weight is 298 g/mol. The Balaban J connectivity index is 2.44. The second-order valence-electron chi connectivity index (χ2n) is 3.76. The summed E-state index contributed by atoms with van der Waals surface area (Å²) in [5.41, 5.74) is 1.32. The third kappa shape index (κ3) is 2.83. The predicted octanol–water partition coefficient (Wildman–Crippen LogP) is 3.92. The van der Waals surface area contributed by atoms with Gasteiger partial charge in [-0.25, -0.2) is 9.97 Å². The Kier molecular flexibility index (Phi) is 3.97. The van der Waals surface area contributed by atoms with Gasteiger partial charge in [-0.05, 0) is 18.6 Å². The molecule has 98 valence electrons. The largest absolute Gasteiger partial charge is 0.269 e. The summed E-state index contributed by atoms with van der Waals surface area (Å²) >= 11 is 12.0. The monoisotopic (exact) mass is 297 g/mol. The maximum Gasteiger partial charge on any atom is 0.269 e. The first-order valence-electron chi connectivity index (χ1n) is 5.49. The maximum atomic E-state index is 10.6. The second-order valence-corrected chi connectivity index (χ2v) is 4.48. The summed E-state index contributed by atoms with van der Waals surface area (Å²) in [5, 5.41) is 11.2. The van der Waals surface area contributed by atoms with Crippen LogP contribution in [0.1, 0.15) is 12.5 Å². The number of non-ortho nitro benzene ring substituents is 1. The molecule has 0 N–H and O–H groups in total. The van der Waals surface area contributed by atoms with Crippen molar-refractivity contribution >= 4 is 28.9 Å². The molecule has 0 aliphatic carbocycles. The normalized spacial score (nSPS) is 10.5. The van der Waals surface area contributed by atoms with E-state index in [4.69, 9.17) is 23.2 Å². The topological polar surface area (TPSA) is 68.9 Å². The van der Waals surface area contributed by atoms with E-state index in [9.17, 15) is 10.1 Å². The van der Waals surface area contributed by atoms with E-state index in [1.165, 1.54) is 12.1 Å². The molecule has 0 bridgehead atoms. The van der Waals surface area contributed by atoms with Crippen LogP contribution in [-0.2, 0) is 6.42 Å². The van der Waals surface area contributed by atoms with Gasteiger partial charge in [0.2, 0.25) is 0 Å². The molecule has 19 heavy (non-hydrogen) atoms. The molecular formula is C12H9Cl2N3O2. The number of nitro groups is 1. The van der Waals surface area contributed by atoms with E-state index in [-0.39, 0.29) is 5.69 Å². The summed E-state index contributed by atoms with van der Waals surface area (Å²) < 4.78 is 0. The van der Waals surface area contributed by atoms with Crippen molar-refractivity contribution in [3.8, 4) is 11.4 Å². The first-order chi connectivity index (χ1) is 9.02. The fourth-order valence-electron chi connectivity index (χ4n) is 1.58. The van der Waals surface area contributed by atoms with Crippen LogP contribution in [0.5, 0.6) is 0 Å². The molecule has 7 heteroatoms. The molecule has 5 nitrogen and oxygen atoms in total. The predicted molar refractivity (Wildman–Crippen MR) is 73.5 cm³/mol. The van der Waals surface area contributed by atoms with Crippen LogP contribution in [0, 0.1) is 10.1 Å². The SMILES string of the molecule is CCc1c(Cl)nc(-c2ccc([N+](=O)[O-])cc2)nc1Cl. The van der Waals surface area contributed by atoms with Crippen molar-refractivity contribution in [2.75, 3.05) is 0 Å². The van der Waals surface area contributed by atoms with Gasteiger partial charge in [-0.3, -0.25) is 10.1 Å². The minimum absolute atomic E-state index is 0.00567. The molecule has 1 heterocycles. The van der Waals surface area contributed by atoms with Gasteiger partial charge in [-0.1, -0.05) is 30.1 Å². The van der Waals surface area contributed by atoms with E-state index >= 15 is 0 Å². The highest BCUT2D eigenvalue weighted by Crippen LogP contribution is 2.26. The highest BCUT2D eigenvalue weighted by atomic mass is 35.5. The van der Waals surface area contributed by atoms with Gasteiger partial charge >= 0.3 is 0 Å². The molecule has 2 rings (SSSR count). The fraction of sp³-hybridized carbons (Fsp3) is 0.167. The molecule has 0 fully saturated rings. The van der Waals surface area contributed by atoms with Crippen LogP contribution in [0.3, 0.4) is 0 Å². The van der Waals surface area contributed by atoms with Crippen LogP contribution in [0.2, 0.25) is 10.3 Å². The lowest BCUT2D eigenvalue weighted by atomic mass is 10.2. The van der Waals surface area contributed by atoms with Crippen LogP contribution in [0.25, 0.3) is 11.4 Å². The molecule has 2 aromatic rings. The van der Waals surface area contributed by atoms with Gasteiger partial charge < -0.3 is 0 Å². The first kappa shape index (κ1) is 13.7. The summed E-state index contributed by atoms with van der Waals surface area (Å²) in [5.74, 6) is 0.349. The Morgan fingerprint density at radius 2 is 1.68 bits per heavy atom. The van der Waals surface area contributed by atoms with E-state index in [2.05, 4.69) is 9.97 Å². The van der Waals surface area contributed by atoms with E-state index < -0.39 is 4.92 Å². The Morgan fingerprint density at radius 1 is 1.16 bits per heavy atom. The van der Waals surface area contributed by atoms with Gasteiger partial charge in [-0.2, -0.15) is 0 Å². The Hall–Kier alpha value is -1.72. The van der Waals surface area contributed by atoms with Crippen LogP contribution < -0.4 is 0 Å². The number of aromatic nitrogens is 2. The number of nitrogens with zero attached hydrogens (tertiary/aromatic N) is 3. The van der Waals surface area contributed by atoms with Crippen LogP contribution >= 0.6 is 23.2 Å². The zero-order valence-electron chi connectivity index (χ0n) is 9.93. The van der Waals surface area contributed by atoms with E-state index in [0.717, 1.165) is 0 Å². The molecule has 0 unspecified atom stereocenters. The maximum absolute atomic E-state index is 10.6. The van der Waals surface area contributed by atoms with Crippen molar-refractivity contribution < 1.29 is 4.92 Å². The standard InChI is InChI=1S/C12H9Cl2N3O2/c1-2-9-10(13)15-12(16-11(9)14)7-3-5-8(6-4-7)17(18)19/h3-6H,2H2,1H3. The zero-order valence-corrected chi connectivity index (χ0v) is 11.4. The lowest BCUT2D eigenvalue weighted by molar-refractivity contribution is -0.384. The first-order valence-corrected chi connectivity index (χ1v) is 6.25. The molecule has 0 saturated carbocycles. The van der Waals surface area contributed by atoms with Crippen molar-refractivity contribution in [2.24, 2.45) is 0 Å². The van der Waals surface area contributed by atoms with Crippen LogP contribution in [0.4, 0.5) is 5.69 Å². The minimum atomic E-state index is -0.467. The van der Waals surface area contributed by atoms with E-state index in [0.29, 0.717) is 33.7 Å². The molecule has 1 aromatic heterocycles. The number of benzene rings is 1. The number of halogens is 2. The third-order valence-corrected chi connectivity index (χ3v) is 3.22. The lowest BCUT2D eigenvalue weighted by Gasteiger charge is -2.06. The minimum Gasteiger partial charge on any atom is -0.258 e. The fourth-order valence-corrected chi connectivity index (χ4v) is 2.24. The molecule has 0 spiro atoms. The van der Waals surface area contributed by atoms with Gasteiger partial charge in [0.15, 0.2) is 5.82 Å². The summed E-state index contributed by atoms with van der Waals surface area (Å²) in [6.07, 6.45) is 0.637. The molecule has 0 aliphatic heterocycles. The summed E-state index contributed by atoms with van der Waals surface area (Å²) in [6.45, 7) is 1.90. The van der Waals surface area contributed by atoms with Gasteiger partial charge in [-0.15, -0.1) is 0 Å². The van der Waals surface area contributed by atoms with Gasteiger partial charge in [0.05, 0.1) is 4.92 Å². The Labute approximate surface area is 119 Å². The number of hydrogen-bond acceptors (Lipinski definition) is 4. The summed E-state index contributed by atoms with van der Waals surface area (Å²) in [4.78, 5) is 18.4. The Morgan fingerprint density at radius 3 is 2.11 bits per heavy atom. The molecule has 0 saturated heterocycles. The smallest absolute Gasteiger partial charge is 0.258 e. The quantitative estimate of drug-likeness (QED) is 0.489.